The van der Waals surface area contributed by atoms with Gasteiger partial charge in [0.25, 0.3) is 0 Å². The predicted molar refractivity (Wildman–Crippen MR) is 71.2 cm³/mol. The second kappa shape index (κ2) is 6.02. The van der Waals surface area contributed by atoms with E-state index in [0.29, 0.717) is 17.1 Å². The Labute approximate surface area is 113 Å². The zero-order chi connectivity index (χ0) is 13.8. The van der Waals surface area contributed by atoms with Gasteiger partial charge in [0.2, 0.25) is 5.88 Å². The number of esters is 1. The van der Waals surface area contributed by atoms with E-state index in [2.05, 4.69) is 9.72 Å². The quantitative estimate of drug-likeness (QED) is 0.843. The molecule has 1 aliphatic carbocycles. The number of hydrogen-bond donors (Lipinski definition) is 1. The molecule has 0 aromatic carbocycles. The maximum atomic E-state index is 11.5. The molecule has 1 aromatic rings. The van der Waals surface area contributed by atoms with Crippen LogP contribution in [0.4, 0.5) is 0 Å². The first-order chi connectivity index (χ1) is 9.10. The second-order valence-electron chi connectivity index (χ2n) is 4.94. The number of rotatable bonds is 3. The molecule has 104 valence electrons. The van der Waals surface area contributed by atoms with E-state index in [1.165, 1.54) is 7.11 Å². The average Bonchev–Trinajstić information content (AvgIpc) is 2.38. The molecule has 1 aromatic heterocycles. The summed E-state index contributed by atoms with van der Waals surface area (Å²) in [6.45, 7) is 1.77. The van der Waals surface area contributed by atoms with Gasteiger partial charge in [0, 0.05) is 12.1 Å². The van der Waals surface area contributed by atoms with Crippen molar-refractivity contribution < 1.29 is 14.3 Å². The van der Waals surface area contributed by atoms with Crippen LogP contribution in [0.15, 0.2) is 12.1 Å². The number of hydrogen-bond acceptors (Lipinski definition) is 5. The molecule has 1 heterocycles. The van der Waals surface area contributed by atoms with Crippen molar-refractivity contribution in [1.82, 2.24) is 4.98 Å². The van der Waals surface area contributed by atoms with Crippen LogP contribution in [0.2, 0.25) is 0 Å². The van der Waals surface area contributed by atoms with Crippen molar-refractivity contribution in [2.45, 2.75) is 44.8 Å². The minimum Gasteiger partial charge on any atom is -0.474 e. The number of aryl methyl sites for hydroxylation is 1. The number of ether oxygens (including phenoxy) is 2. The van der Waals surface area contributed by atoms with Gasteiger partial charge >= 0.3 is 5.97 Å². The number of nitrogens with zero attached hydrogens (tertiary/aromatic N) is 1. The molecule has 1 fully saturated rings. The van der Waals surface area contributed by atoms with Crippen molar-refractivity contribution in [2.24, 2.45) is 5.73 Å². The summed E-state index contributed by atoms with van der Waals surface area (Å²) in [6, 6.07) is 3.61. The number of nitrogens with two attached hydrogens (primary N) is 1. The van der Waals surface area contributed by atoms with Crippen LogP contribution in [-0.2, 0) is 4.74 Å². The van der Waals surface area contributed by atoms with Gasteiger partial charge in [-0.2, -0.15) is 0 Å². The monoisotopic (exact) mass is 264 g/mol. The Morgan fingerprint density at radius 1 is 1.42 bits per heavy atom. The van der Waals surface area contributed by atoms with E-state index in [0.717, 1.165) is 25.7 Å². The first kappa shape index (κ1) is 13.8. The Morgan fingerprint density at radius 2 is 2.21 bits per heavy atom. The normalized spacial score (nSPS) is 22.9. The Balaban J connectivity index is 2.05. The van der Waals surface area contributed by atoms with Crippen LogP contribution in [-0.4, -0.2) is 30.2 Å². The van der Waals surface area contributed by atoms with Gasteiger partial charge in [0.15, 0.2) is 0 Å². The van der Waals surface area contributed by atoms with Gasteiger partial charge in [-0.05, 0) is 38.7 Å². The first-order valence-electron chi connectivity index (χ1n) is 6.58. The fraction of sp³-hybridized carbons (Fsp3) is 0.571. The molecule has 1 aliphatic rings. The standard InChI is InChI=1S/C14H20N2O3/c1-9-12(14(17)18-2)6-7-13(16-9)19-11-5-3-4-10(15)8-11/h6-7,10-11H,3-5,8,15H2,1-2H3. The molecule has 2 N–H and O–H groups in total. The molecule has 2 rings (SSSR count). The highest BCUT2D eigenvalue weighted by Crippen LogP contribution is 2.22. The number of aromatic nitrogens is 1. The molecule has 0 bridgehead atoms. The van der Waals surface area contributed by atoms with Crippen molar-refractivity contribution in [1.29, 1.82) is 0 Å². The van der Waals surface area contributed by atoms with E-state index in [4.69, 9.17) is 10.5 Å². The molecule has 5 nitrogen and oxygen atoms in total. The molecule has 0 spiro atoms. The first-order valence-corrected chi connectivity index (χ1v) is 6.58. The van der Waals surface area contributed by atoms with Crippen molar-refractivity contribution >= 4 is 5.97 Å². The molecule has 2 atom stereocenters. The average molecular weight is 264 g/mol. The van der Waals surface area contributed by atoms with Gasteiger partial charge < -0.3 is 15.2 Å². The zero-order valence-corrected chi connectivity index (χ0v) is 11.4. The van der Waals surface area contributed by atoms with Gasteiger partial charge in [0.1, 0.15) is 6.10 Å². The van der Waals surface area contributed by atoms with Crippen LogP contribution >= 0.6 is 0 Å². The summed E-state index contributed by atoms with van der Waals surface area (Å²) in [6.07, 6.45) is 4.14. The number of pyridine rings is 1. The highest BCUT2D eigenvalue weighted by molar-refractivity contribution is 5.90. The van der Waals surface area contributed by atoms with Crippen molar-refractivity contribution in [3.05, 3.63) is 23.4 Å². The Kier molecular flexibility index (Phi) is 4.37. The fourth-order valence-electron chi connectivity index (χ4n) is 2.39. The van der Waals surface area contributed by atoms with E-state index in [9.17, 15) is 4.79 Å². The lowest BCUT2D eigenvalue weighted by atomic mass is 9.94. The molecule has 0 aliphatic heterocycles. The Bertz CT molecular complexity index is 462. The van der Waals surface area contributed by atoms with Crippen LogP contribution in [0.5, 0.6) is 5.88 Å². The number of carbonyl (C=O) groups is 1. The lowest BCUT2D eigenvalue weighted by molar-refractivity contribution is 0.0599. The van der Waals surface area contributed by atoms with E-state index < -0.39 is 0 Å². The molecule has 19 heavy (non-hydrogen) atoms. The summed E-state index contributed by atoms with van der Waals surface area (Å²) >= 11 is 0. The molecular weight excluding hydrogens is 244 g/mol. The van der Waals surface area contributed by atoms with Gasteiger partial charge in [-0.3, -0.25) is 0 Å². The fourth-order valence-corrected chi connectivity index (χ4v) is 2.39. The third kappa shape index (κ3) is 3.44. The summed E-state index contributed by atoms with van der Waals surface area (Å²) in [7, 11) is 1.36. The smallest absolute Gasteiger partial charge is 0.339 e. The Morgan fingerprint density at radius 3 is 2.84 bits per heavy atom. The highest BCUT2D eigenvalue weighted by atomic mass is 16.5. The SMILES string of the molecule is COC(=O)c1ccc(OC2CCCC(N)C2)nc1C. The van der Waals surface area contributed by atoms with Crippen LogP contribution in [0.1, 0.15) is 41.7 Å². The predicted octanol–water partition coefficient (Wildman–Crippen LogP) is 1.83. The maximum Gasteiger partial charge on any atom is 0.339 e. The van der Waals surface area contributed by atoms with Crippen LogP contribution < -0.4 is 10.5 Å². The minimum absolute atomic E-state index is 0.125. The van der Waals surface area contributed by atoms with Crippen LogP contribution in [0.3, 0.4) is 0 Å². The van der Waals surface area contributed by atoms with E-state index in [-0.39, 0.29) is 18.1 Å². The summed E-state index contributed by atoms with van der Waals surface area (Å²) in [5.74, 6) is 0.167. The van der Waals surface area contributed by atoms with Crippen molar-refractivity contribution in [2.75, 3.05) is 7.11 Å². The molecule has 0 amide bonds. The molecule has 0 radical (unpaired) electrons. The molecule has 2 unspecified atom stereocenters. The van der Waals surface area contributed by atoms with Gasteiger partial charge in [0.05, 0.1) is 18.4 Å². The Hall–Kier alpha value is -1.62. The largest absolute Gasteiger partial charge is 0.474 e. The topological polar surface area (TPSA) is 74.4 Å². The summed E-state index contributed by atoms with van der Waals surface area (Å²) in [4.78, 5) is 15.8. The summed E-state index contributed by atoms with van der Waals surface area (Å²) in [5, 5.41) is 0. The van der Waals surface area contributed by atoms with E-state index in [1.807, 2.05) is 0 Å². The lowest BCUT2D eigenvalue weighted by Crippen LogP contribution is -2.33. The minimum atomic E-state index is -0.378. The second-order valence-corrected chi connectivity index (χ2v) is 4.94. The maximum absolute atomic E-state index is 11.5. The molecular formula is C14H20N2O3. The number of carbonyl (C=O) groups excluding carboxylic acids is 1. The molecule has 1 saturated carbocycles. The zero-order valence-electron chi connectivity index (χ0n) is 11.4. The van der Waals surface area contributed by atoms with Crippen molar-refractivity contribution in [3.63, 3.8) is 0 Å². The van der Waals surface area contributed by atoms with Gasteiger partial charge in [-0.25, -0.2) is 9.78 Å². The van der Waals surface area contributed by atoms with Crippen LogP contribution in [0, 0.1) is 6.92 Å². The van der Waals surface area contributed by atoms with E-state index >= 15 is 0 Å². The third-order valence-corrected chi connectivity index (χ3v) is 3.42. The van der Waals surface area contributed by atoms with Crippen molar-refractivity contribution in [3.8, 4) is 5.88 Å². The lowest BCUT2D eigenvalue weighted by Gasteiger charge is -2.26. The van der Waals surface area contributed by atoms with Gasteiger partial charge in [-0.1, -0.05) is 0 Å². The molecule has 0 saturated heterocycles. The summed E-state index contributed by atoms with van der Waals surface area (Å²) < 4.78 is 10.5. The van der Waals surface area contributed by atoms with Gasteiger partial charge in [-0.15, -0.1) is 0 Å². The highest BCUT2D eigenvalue weighted by Gasteiger charge is 2.21. The van der Waals surface area contributed by atoms with E-state index in [1.54, 1.807) is 19.1 Å². The van der Waals surface area contributed by atoms with Crippen LogP contribution in [0.25, 0.3) is 0 Å². The third-order valence-electron chi connectivity index (χ3n) is 3.42. The molecule has 5 heteroatoms. The summed E-state index contributed by atoms with van der Waals surface area (Å²) in [5.41, 5.74) is 7.01. The number of methoxy groups -OCH3 is 1.